The summed E-state index contributed by atoms with van der Waals surface area (Å²) in [7, 11) is 0. The van der Waals surface area contributed by atoms with Gasteiger partial charge in [0.25, 0.3) is 0 Å². The van der Waals surface area contributed by atoms with Gasteiger partial charge >= 0.3 is 0 Å². The van der Waals surface area contributed by atoms with Crippen molar-refractivity contribution in [1.29, 1.82) is 0 Å². The molecule has 1 aliphatic rings. The van der Waals surface area contributed by atoms with Crippen LogP contribution in [0.25, 0.3) is 0 Å². The van der Waals surface area contributed by atoms with Gasteiger partial charge in [-0.15, -0.1) is 0 Å². The van der Waals surface area contributed by atoms with Crippen LogP contribution in [0.2, 0.25) is 0 Å². The molecule has 0 saturated heterocycles. The first-order valence-electron chi connectivity index (χ1n) is 7.42. The third-order valence-corrected chi connectivity index (χ3v) is 3.87. The van der Waals surface area contributed by atoms with Gasteiger partial charge in [-0.2, -0.15) is 0 Å². The van der Waals surface area contributed by atoms with Crippen LogP contribution in [0, 0.1) is 23.3 Å². The monoisotopic (exact) mass is 338 g/mol. The van der Waals surface area contributed by atoms with Crippen molar-refractivity contribution in [2.24, 2.45) is 0 Å². The van der Waals surface area contributed by atoms with Crippen LogP contribution >= 0.6 is 0 Å². The molecule has 1 amide bonds. The highest BCUT2D eigenvalue weighted by molar-refractivity contribution is 5.94. The molecule has 126 valence electrons. The number of amides is 1. The van der Waals surface area contributed by atoms with Crippen molar-refractivity contribution in [2.45, 2.75) is 12.8 Å². The van der Waals surface area contributed by atoms with Gasteiger partial charge in [-0.25, -0.2) is 17.6 Å². The molecule has 0 aliphatic carbocycles. The van der Waals surface area contributed by atoms with E-state index in [1.807, 2.05) is 0 Å². The molecule has 1 heterocycles. The lowest BCUT2D eigenvalue weighted by molar-refractivity contribution is -0.115. The van der Waals surface area contributed by atoms with Gasteiger partial charge in [0.1, 0.15) is 23.3 Å². The van der Waals surface area contributed by atoms with Crippen LogP contribution < -0.4 is 10.2 Å². The first-order valence-corrected chi connectivity index (χ1v) is 7.42. The first kappa shape index (κ1) is 16.3. The Bertz CT molecular complexity index is 794. The Kier molecular flexibility index (Phi) is 4.42. The number of carbonyl (C=O) groups excluding carboxylic acids is 1. The predicted octanol–water partition coefficient (Wildman–Crippen LogP) is 3.63. The highest BCUT2D eigenvalue weighted by Gasteiger charge is 2.23. The van der Waals surface area contributed by atoms with E-state index in [0.717, 1.165) is 24.3 Å². The van der Waals surface area contributed by atoms with E-state index in [1.165, 1.54) is 11.0 Å². The minimum atomic E-state index is -0.763. The SMILES string of the molecule is O=C(CN1CCCc2c(F)cc(F)cc21)Nc1cc(F)ccc1F. The molecule has 24 heavy (non-hydrogen) atoms. The summed E-state index contributed by atoms with van der Waals surface area (Å²) in [6.45, 7) is 0.223. The topological polar surface area (TPSA) is 32.3 Å². The van der Waals surface area contributed by atoms with Crippen molar-refractivity contribution in [1.82, 2.24) is 0 Å². The van der Waals surface area contributed by atoms with Crippen molar-refractivity contribution in [3.63, 3.8) is 0 Å². The van der Waals surface area contributed by atoms with E-state index >= 15 is 0 Å². The fraction of sp³-hybridized carbons (Fsp3) is 0.235. The lowest BCUT2D eigenvalue weighted by Gasteiger charge is -2.31. The zero-order chi connectivity index (χ0) is 17.3. The maximum Gasteiger partial charge on any atom is 0.243 e. The molecule has 2 aromatic rings. The van der Waals surface area contributed by atoms with Gasteiger partial charge in [-0.1, -0.05) is 0 Å². The second kappa shape index (κ2) is 6.51. The van der Waals surface area contributed by atoms with Crippen molar-refractivity contribution in [2.75, 3.05) is 23.3 Å². The number of nitrogens with one attached hydrogen (secondary N) is 1. The first-order chi connectivity index (χ1) is 11.4. The maximum atomic E-state index is 13.8. The van der Waals surface area contributed by atoms with Crippen LogP contribution in [-0.4, -0.2) is 19.0 Å². The van der Waals surface area contributed by atoms with E-state index in [1.54, 1.807) is 0 Å². The molecular weight excluding hydrogens is 324 g/mol. The van der Waals surface area contributed by atoms with Crippen molar-refractivity contribution in [3.05, 3.63) is 59.2 Å². The Morgan fingerprint density at radius 3 is 2.62 bits per heavy atom. The van der Waals surface area contributed by atoms with E-state index in [2.05, 4.69) is 5.32 Å². The van der Waals surface area contributed by atoms with E-state index in [0.29, 0.717) is 30.6 Å². The zero-order valence-corrected chi connectivity index (χ0v) is 12.6. The molecule has 3 rings (SSSR count). The molecular formula is C17H14F4N2O. The highest BCUT2D eigenvalue weighted by atomic mass is 19.1. The number of halogens is 4. The van der Waals surface area contributed by atoms with E-state index in [9.17, 15) is 22.4 Å². The lowest BCUT2D eigenvalue weighted by Crippen LogP contribution is -2.37. The molecule has 1 aliphatic heterocycles. The Morgan fingerprint density at radius 2 is 1.83 bits per heavy atom. The number of carbonyl (C=O) groups is 1. The largest absolute Gasteiger partial charge is 0.362 e. The van der Waals surface area contributed by atoms with Crippen LogP contribution in [0.1, 0.15) is 12.0 Å². The summed E-state index contributed by atoms with van der Waals surface area (Å²) in [5.41, 5.74) is 0.392. The summed E-state index contributed by atoms with van der Waals surface area (Å²) in [6, 6.07) is 4.71. The molecule has 0 bridgehead atoms. The number of rotatable bonds is 3. The number of fused-ring (bicyclic) bond motifs is 1. The summed E-state index contributed by atoms with van der Waals surface area (Å²) in [5, 5.41) is 2.28. The third-order valence-electron chi connectivity index (χ3n) is 3.87. The van der Waals surface area contributed by atoms with Crippen LogP contribution in [-0.2, 0) is 11.2 Å². The number of hydrogen-bond donors (Lipinski definition) is 1. The van der Waals surface area contributed by atoms with Crippen LogP contribution in [0.4, 0.5) is 28.9 Å². The molecule has 0 aromatic heterocycles. The molecule has 0 saturated carbocycles. The Labute approximate surface area is 135 Å². The molecule has 0 radical (unpaired) electrons. The molecule has 0 spiro atoms. The molecule has 0 unspecified atom stereocenters. The Morgan fingerprint density at radius 1 is 1.04 bits per heavy atom. The van der Waals surface area contributed by atoms with E-state index < -0.39 is 29.2 Å². The van der Waals surface area contributed by atoms with Gasteiger partial charge in [0.15, 0.2) is 0 Å². The summed E-state index contributed by atoms with van der Waals surface area (Å²) < 4.78 is 54.0. The third kappa shape index (κ3) is 3.34. The summed E-state index contributed by atoms with van der Waals surface area (Å²) >= 11 is 0. The standard InChI is InChI=1S/C17H14F4N2O/c18-10-3-4-13(20)15(7-10)22-17(24)9-23-5-1-2-12-14(21)6-11(19)8-16(12)23/h3-4,6-8H,1-2,5,9H2,(H,22,24). The maximum absolute atomic E-state index is 13.8. The van der Waals surface area contributed by atoms with Crippen molar-refractivity contribution in [3.8, 4) is 0 Å². The fourth-order valence-corrected chi connectivity index (χ4v) is 2.81. The Balaban J connectivity index is 1.78. The van der Waals surface area contributed by atoms with Gasteiger partial charge in [-0.05, 0) is 31.0 Å². The van der Waals surface area contributed by atoms with Crippen molar-refractivity contribution < 1.29 is 22.4 Å². The quantitative estimate of drug-likeness (QED) is 0.867. The average molecular weight is 338 g/mol. The molecule has 0 fully saturated rings. The number of hydrogen-bond acceptors (Lipinski definition) is 2. The molecule has 0 atom stereocenters. The second-order valence-corrected chi connectivity index (χ2v) is 5.58. The van der Waals surface area contributed by atoms with Crippen LogP contribution in [0.3, 0.4) is 0 Å². The van der Waals surface area contributed by atoms with Gasteiger partial charge < -0.3 is 10.2 Å². The fourth-order valence-electron chi connectivity index (χ4n) is 2.81. The highest BCUT2D eigenvalue weighted by Crippen LogP contribution is 2.30. The predicted molar refractivity (Wildman–Crippen MR) is 81.9 cm³/mol. The number of nitrogens with zero attached hydrogens (tertiary/aromatic N) is 1. The van der Waals surface area contributed by atoms with Crippen molar-refractivity contribution >= 4 is 17.3 Å². The van der Waals surface area contributed by atoms with E-state index in [-0.39, 0.29) is 12.2 Å². The van der Waals surface area contributed by atoms with Crippen LogP contribution in [0.5, 0.6) is 0 Å². The second-order valence-electron chi connectivity index (χ2n) is 5.58. The summed E-state index contributed by atoms with van der Waals surface area (Å²) in [6.07, 6.45) is 1.06. The molecule has 3 nitrogen and oxygen atoms in total. The van der Waals surface area contributed by atoms with Gasteiger partial charge in [0, 0.05) is 29.9 Å². The number of benzene rings is 2. The Hall–Kier alpha value is -2.57. The van der Waals surface area contributed by atoms with Gasteiger partial charge in [-0.3, -0.25) is 4.79 Å². The number of anilines is 2. The van der Waals surface area contributed by atoms with Crippen LogP contribution in [0.15, 0.2) is 30.3 Å². The normalized spacial score (nSPS) is 13.6. The smallest absolute Gasteiger partial charge is 0.243 e. The lowest BCUT2D eigenvalue weighted by atomic mass is 10.0. The van der Waals surface area contributed by atoms with E-state index in [4.69, 9.17) is 0 Å². The molecule has 1 N–H and O–H groups in total. The summed E-state index contributed by atoms with van der Waals surface area (Å²) in [5.74, 6) is -3.42. The average Bonchev–Trinajstić information content (AvgIpc) is 2.51. The minimum absolute atomic E-state index is 0.216. The van der Waals surface area contributed by atoms with Gasteiger partial charge in [0.2, 0.25) is 5.91 Å². The summed E-state index contributed by atoms with van der Waals surface area (Å²) in [4.78, 5) is 13.6. The minimum Gasteiger partial charge on any atom is -0.362 e. The zero-order valence-electron chi connectivity index (χ0n) is 12.6. The molecule has 7 heteroatoms. The van der Waals surface area contributed by atoms with Gasteiger partial charge in [0.05, 0.1) is 12.2 Å². The molecule has 2 aromatic carbocycles.